The molecule has 0 bridgehead atoms. The Labute approximate surface area is 113 Å². The molecule has 1 aromatic carbocycles. The summed E-state index contributed by atoms with van der Waals surface area (Å²) in [4.78, 5) is 11.8. The van der Waals surface area contributed by atoms with Crippen molar-refractivity contribution in [2.45, 2.75) is 37.8 Å². The first-order valence-electron chi connectivity index (χ1n) is 6.67. The Bertz CT molecular complexity index is 454. The van der Waals surface area contributed by atoms with E-state index >= 15 is 0 Å². The lowest BCUT2D eigenvalue weighted by Gasteiger charge is -2.27. The number of benzene rings is 1. The van der Waals surface area contributed by atoms with Crippen molar-refractivity contribution in [3.8, 4) is 0 Å². The smallest absolute Gasteiger partial charge is 0.244 e. The first kappa shape index (κ1) is 13.6. The highest BCUT2D eigenvalue weighted by atomic mass is 16.3. The van der Waals surface area contributed by atoms with Gasteiger partial charge >= 0.3 is 0 Å². The minimum absolute atomic E-state index is 0.114. The number of hydrogen-bond acceptors (Lipinski definition) is 3. The zero-order chi connectivity index (χ0) is 13.7. The Kier molecular flexibility index (Phi) is 4.58. The van der Waals surface area contributed by atoms with Crippen molar-refractivity contribution in [1.82, 2.24) is 5.32 Å². The maximum Gasteiger partial charge on any atom is 0.244 e. The summed E-state index contributed by atoms with van der Waals surface area (Å²) in [6.07, 6.45) is 6.53. The van der Waals surface area contributed by atoms with Crippen molar-refractivity contribution in [2.24, 2.45) is 0 Å². The summed E-state index contributed by atoms with van der Waals surface area (Å²) >= 11 is 0. The van der Waals surface area contributed by atoms with Crippen LogP contribution in [0.1, 0.15) is 31.2 Å². The predicted molar refractivity (Wildman–Crippen MR) is 76.3 cm³/mol. The molecule has 0 saturated heterocycles. The van der Waals surface area contributed by atoms with Crippen LogP contribution >= 0.6 is 0 Å². The van der Waals surface area contributed by atoms with Gasteiger partial charge in [0.2, 0.25) is 5.91 Å². The molecule has 1 aromatic rings. The normalized spacial score (nSPS) is 23.4. The second-order valence-electron chi connectivity index (χ2n) is 4.97. The van der Waals surface area contributed by atoms with Crippen LogP contribution in [0.15, 0.2) is 30.3 Å². The number of carbonyl (C=O) groups excluding carboxylic acids is 1. The number of anilines is 1. The van der Waals surface area contributed by atoms with Gasteiger partial charge in [0, 0.05) is 11.8 Å². The Morgan fingerprint density at radius 2 is 1.95 bits per heavy atom. The van der Waals surface area contributed by atoms with Gasteiger partial charge in [-0.25, -0.2) is 0 Å². The van der Waals surface area contributed by atoms with Gasteiger partial charge in [-0.3, -0.25) is 4.79 Å². The highest BCUT2D eigenvalue weighted by molar-refractivity contribution is 5.92. The average molecular weight is 260 g/mol. The number of hydrogen-bond donors (Lipinski definition) is 3. The quantitative estimate of drug-likeness (QED) is 0.572. The molecule has 4 heteroatoms. The molecule has 1 amide bonds. The van der Waals surface area contributed by atoms with E-state index in [0.717, 1.165) is 31.2 Å². The lowest BCUT2D eigenvalue weighted by molar-refractivity contribution is -0.118. The van der Waals surface area contributed by atoms with Crippen LogP contribution in [0.4, 0.5) is 5.69 Å². The molecule has 0 aromatic heterocycles. The number of rotatable bonds is 3. The molecule has 1 fully saturated rings. The van der Waals surface area contributed by atoms with E-state index in [1.165, 1.54) is 6.08 Å². The van der Waals surface area contributed by atoms with Gasteiger partial charge in [0.1, 0.15) is 0 Å². The maximum atomic E-state index is 11.8. The van der Waals surface area contributed by atoms with E-state index in [1.807, 2.05) is 12.1 Å². The van der Waals surface area contributed by atoms with Crippen molar-refractivity contribution in [2.75, 3.05) is 5.73 Å². The first-order chi connectivity index (χ1) is 9.15. The number of nitrogens with two attached hydrogens (primary N) is 1. The minimum atomic E-state index is -0.414. The highest BCUT2D eigenvalue weighted by Crippen LogP contribution is 2.18. The molecule has 1 aliphatic rings. The summed E-state index contributed by atoms with van der Waals surface area (Å²) in [6.45, 7) is 0. The molecule has 0 unspecified atom stereocenters. The summed E-state index contributed by atoms with van der Waals surface area (Å²) in [5.74, 6) is -0.164. The Morgan fingerprint density at radius 1 is 1.26 bits per heavy atom. The van der Waals surface area contributed by atoms with Crippen LogP contribution in [0, 0.1) is 0 Å². The molecule has 1 saturated carbocycles. The number of carbonyl (C=O) groups is 1. The molecule has 0 aliphatic heterocycles. The standard InChI is InChI=1S/C15H20N2O2/c16-12-8-5-11(6-9-12)7-10-15(19)17-13-3-1-2-4-14(13)18/h5-10,13-14,18H,1-4,16H2,(H,17,19)/b10-7+/t13-,14-/m1/s1. The van der Waals surface area contributed by atoms with Gasteiger partial charge < -0.3 is 16.2 Å². The lowest BCUT2D eigenvalue weighted by Crippen LogP contribution is -2.44. The zero-order valence-corrected chi connectivity index (χ0v) is 10.9. The van der Waals surface area contributed by atoms with Gasteiger partial charge in [0.15, 0.2) is 0 Å². The molecule has 2 rings (SSSR count). The monoisotopic (exact) mass is 260 g/mol. The van der Waals surface area contributed by atoms with E-state index in [2.05, 4.69) is 5.32 Å². The van der Waals surface area contributed by atoms with E-state index in [4.69, 9.17) is 5.73 Å². The van der Waals surface area contributed by atoms with E-state index in [-0.39, 0.29) is 11.9 Å². The van der Waals surface area contributed by atoms with Crippen molar-refractivity contribution in [1.29, 1.82) is 0 Å². The van der Waals surface area contributed by atoms with Gasteiger partial charge in [0.05, 0.1) is 12.1 Å². The van der Waals surface area contributed by atoms with Crippen LogP contribution in [0.25, 0.3) is 6.08 Å². The largest absolute Gasteiger partial charge is 0.399 e. The lowest BCUT2D eigenvalue weighted by atomic mass is 9.92. The fourth-order valence-corrected chi connectivity index (χ4v) is 2.29. The number of nitrogen functional groups attached to an aromatic ring is 1. The van der Waals surface area contributed by atoms with Gasteiger partial charge in [-0.1, -0.05) is 25.0 Å². The van der Waals surface area contributed by atoms with Gasteiger partial charge in [-0.2, -0.15) is 0 Å². The molecule has 0 heterocycles. The highest BCUT2D eigenvalue weighted by Gasteiger charge is 2.23. The molecule has 102 valence electrons. The summed E-state index contributed by atoms with van der Waals surface area (Å²) in [7, 11) is 0. The van der Waals surface area contributed by atoms with Gasteiger partial charge in [0.25, 0.3) is 0 Å². The third-order valence-corrected chi connectivity index (χ3v) is 3.42. The summed E-state index contributed by atoms with van der Waals surface area (Å²) in [5.41, 5.74) is 7.22. The predicted octanol–water partition coefficient (Wildman–Crippen LogP) is 1.70. The molecular formula is C15H20N2O2. The van der Waals surface area contributed by atoms with Gasteiger partial charge in [-0.05, 0) is 36.6 Å². The fourth-order valence-electron chi connectivity index (χ4n) is 2.29. The average Bonchev–Trinajstić information content (AvgIpc) is 2.41. The van der Waals surface area contributed by atoms with Crippen LogP contribution in [0.3, 0.4) is 0 Å². The van der Waals surface area contributed by atoms with Gasteiger partial charge in [-0.15, -0.1) is 0 Å². The number of amides is 1. The number of aliphatic hydroxyl groups excluding tert-OH is 1. The first-order valence-corrected chi connectivity index (χ1v) is 6.67. The molecule has 0 spiro atoms. The molecule has 1 aliphatic carbocycles. The molecule has 2 atom stereocenters. The molecular weight excluding hydrogens is 240 g/mol. The molecule has 19 heavy (non-hydrogen) atoms. The van der Waals surface area contributed by atoms with Crippen LogP contribution in [0.2, 0.25) is 0 Å². The van der Waals surface area contributed by atoms with Crippen LogP contribution < -0.4 is 11.1 Å². The molecule has 4 nitrogen and oxygen atoms in total. The topological polar surface area (TPSA) is 75.4 Å². The minimum Gasteiger partial charge on any atom is -0.399 e. The van der Waals surface area contributed by atoms with Crippen LogP contribution in [0.5, 0.6) is 0 Å². The van der Waals surface area contributed by atoms with E-state index in [0.29, 0.717) is 5.69 Å². The summed E-state index contributed by atoms with van der Waals surface area (Å²) < 4.78 is 0. The third kappa shape index (κ3) is 4.10. The number of aliphatic hydroxyl groups is 1. The fraction of sp³-hybridized carbons (Fsp3) is 0.400. The molecule has 4 N–H and O–H groups in total. The second-order valence-corrected chi connectivity index (χ2v) is 4.97. The van der Waals surface area contributed by atoms with Crippen molar-refractivity contribution >= 4 is 17.7 Å². The van der Waals surface area contributed by atoms with E-state index in [9.17, 15) is 9.90 Å². The van der Waals surface area contributed by atoms with E-state index in [1.54, 1.807) is 18.2 Å². The van der Waals surface area contributed by atoms with Crippen LogP contribution in [-0.2, 0) is 4.79 Å². The Balaban J connectivity index is 1.88. The van der Waals surface area contributed by atoms with Crippen molar-refractivity contribution < 1.29 is 9.90 Å². The van der Waals surface area contributed by atoms with E-state index < -0.39 is 6.10 Å². The summed E-state index contributed by atoms with van der Waals surface area (Å²) in [5, 5.41) is 12.6. The van der Waals surface area contributed by atoms with Crippen molar-refractivity contribution in [3.63, 3.8) is 0 Å². The zero-order valence-electron chi connectivity index (χ0n) is 10.9. The Morgan fingerprint density at radius 3 is 2.63 bits per heavy atom. The number of nitrogens with one attached hydrogen (secondary N) is 1. The SMILES string of the molecule is Nc1ccc(/C=C/C(=O)N[C@@H]2CCCC[C@H]2O)cc1. The summed E-state index contributed by atoms with van der Waals surface area (Å²) in [6, 6.07) is 7.19. The maximum absolute atomic E-state index is 11.8. The third-order valence-electron chi connectivity index (χ3n) is 3.42. The second kappa shape index (κ2) is 6.38. The van der Waals surface area contributed by atoms with Crippen LogP contribution in [-0.4, -0.2) is 23.2 Å². The Hall–Kier alpha value is -1.81. The van der Waals surface area contributed by atoms with Crippen molar-refractivity contribution in [3.05, 3.63) is 35.9 Å². The molecule has 0 radical (unpaired) electrons.